The van der Waals surface area contributed by atoms with Crippen molar-refractivity contribution in [2.24, 2.45) is 0 Å². The van der Waals surface area contributed by atoms with Crippen LogP contribution in [-0.4, -0.2) is 39.6 Å². The van der Waals surface area contributed by atoms with Gasteiger partial charge in [0.25, 0.3) is 11.5 Å². The van der Waals surface area contributed by atoms with Crippen molar-refractivity contribution in [1.82, 2.24) is 15.0 Å². The monoisotopic (exact) mass is 482 g/mol. The number of methoxy groups -OCH3 is 1. The maximum atomic E-state index is 12.4. The molecule has 0 aliphatic carbocycles. The highest BCUT2D eigenvalue weighted by Crippen LogP contribution is 2.26. The first-order valence-electron chi connectivity index (χ1n) is 9.56. The summed E-state index contributed by atoms with van der Waals surface area (Å²) < 4.78 is 6.02. The summed E-state index contributed by atoms with van der Waals surface area (Å²) in [5.74, 6) is -0.409. The molecule has 0 atom stereocenters. The summed E-state index contributed by atoms with van der Waals surface area (Å²) in [5, 5.41) is 5.83. The number of carbonyl (C=O) groups excluding carboxylic acids is 2. The number of thioether (sulfide) groups is 1. The molecule has 2 heterocycles. The van der Waals surface area contributed by atoms with Gasteiger partial charge in [0.1, 0.15) is 11.4 Å². The van der Waals surface area contributed by atoms with Crippen molar-refractivity contribution in [3.05, 3.63) is 64.4 Å². The SMILES string of the molecule is COc1ccc(C(=O)Nc2c(N)nc(SCC(=O)Nc3nc4ccccc4s3)[nH]c2=O)cc1. The van der Waals surface area contributed by atoms with E-state index in [1.807, 2.05) is 24.3 Å². The van der Waals surface area contributed by atoms with Crippen LogP contribution in [0.2, 0.25) is 0 Å². The summed E-state index contributed by atoms with van der Waals surface area (Å²) in [6, 6.07) is 13.9. The number of ether oxygens (including phenoxy) is 1. The molecule has 2 aromatic heterocycles. The van der Waals surface area contributed by atoms with Crippen LogP contribution in [0.1, 0.15) is 10.4 Å². The zero-order valence-electron chi connectivity index (χ0n) is 17.2. The van der Waals surface area contributed by atoms with Gasteiger partial charge in [-0.15, -0.1) is 0 Å². The Bertz CT molecular complexity index is 1350. The van der Waals surface area contributed by atoms with Gasteiger partial charge in [0.05, 0.1) is 23.1 Å². The lowest BCUT2D eigenvalue weighted by atomic mass is 10.2. The molecule has 10 nitrogen and oxygen atoms in total. The van der Waals surface area contributed by atoms with Gasteiger partial charge in [-0.3, -0.25) is 19.4 Å². The summed E-state index contributed by atoms with van der Waals surface area (Å²) in [7, 11) is 1.52. The summed E-state index contributed by atoms with van der Waals surface area (Å²) >= 11 is 2.37. The number of anilines is 3. The number of hydrogen-bond donors (Lipinski definition) is 4. The minimum absolute atomic E-state index is 0.0180. The third-order valence-electron chi connectivity index (χ3n) is 4.40. The molecular weight excluding hydrogens is 464 g/mol. The molecule has 0 saturated carbocycles. The van der Waals surface area contributed by atoms with Crippen molar-refractivity contribution in [1.29, 1.82) is 0 Å². The molecule has 4 aromatic rings. The van der Waals surface area contributed by atoms with Crippen molar-refractivity contribution in [2.45, 2.75) is 5.16 Å². The second-order valence-electron chi connectivity index (χ2n) is 6.64. The summed E-state index contributed by atoms with van der Waals surface area (Å²) in [6.07, 6.45) is 0. The summed E-state index contributed by atoms with van der Waals surface area (Å²) in [6.45, 7) is 0. The molecule has 4 rings (SSSR count). The minimum Gasteiger partial charge on any atom is -0.497 e. The summed E-state index contributed by atoms with van der Waals surface area (Å²) in [5.41, 5.74) is 6.21. The highest BCUT2D eigenvalue weighted by atomic mass is 32.2. The third-order valence-corrected chi connectivity index (χ3v) is 6.22. The predicted octanol–water partition coefficient (Wildman–Crippen LogP) is 2.95. The average Bonchev–Trinajstić information content (AvgIpc) is 3.22. The van der Waals surface area contributed by atoms with Crippen molar-refractivity contribution >= 4 is 61.8 Å². The van der Waals surface area contributed by atoms with E-state index in [0.29, 0.717) is 16.4 Å². The van der Waals surface area contributed by atoms with Crippen LogP contribution in [0.15, 0.2) is 58.5 Å². The maximum absolute atomic E-state index is 12.4. The fourth-order valence-electron chi connectivity index (χ4n) is 2.80. The lowest BCUT2D eigenvalue weighted by Gasteiger charge is -2.09. The number of hydrogen-bond acceptors (Lipinski definition) is 9. The number of nitrogen functional groups attached to an aromatic ring is 1. The number of H-pyrrole nitrogens is 1. The molecule has 12 heteroatoms. The van der Waals surface area contributed by atoms with E-state index in [0.717, 1.165) is 22.0 Å². The van der Waals surface area contributed by atoms with Crippen LogP contribution in [0.5, 0.6) is 5.75 Å². The number of aromatic nitrogens is 3. The zero-order valence-corrected chi connectivity index (χ0v) is 18.9. The molecule has 0 saturated heterocycles. The van der Waals surface area contributed by atoms with E-state index in [-0.39, 0.29) is 28.3 Å². The van der Waals surface area contributed by atoms with E-state index in [1.165, 1.54) is 18.4 Å². The Morgan fingerprint density at radius 2 is 1.88 bits per heavy atom. The Morgan fingerprint density at radius 1 is 1.12 bits per heavy atom. The topological polar surface area (TPSA) is 152 Å². The molecule has 0 unspecified atom stereocenters. The number of nitrogens with two attached hydrogens (primary N) is 1. The maximum Gasteiger partial charge on any atom is 0.277 e. The van der Waals surface area contributed by atoms with Crippen LogP contribution >= 0.6 is 23.1 Å². The second-order valence-corrected chi connectivity index (χ2v) is 8.63. The van der Waals surface area contributed by atoms with Crippen LogP contribution in [0, 0.1) is 0 Å². The van der Waals surface area contributed by atoms with E-state index in [4.69, 9.17) is 10.5 Å². The van der Waals surface area contributed by atoms with E-state index < -0.39 is 11.5 Å². The van der Waals surface area contributed by atoms with Crippen molar-refractivity contribution in [3.8, 4) is 5.75 Å². The number of rotatable bonds is 7. The number of para-hydroxylation sites is 1. The van der Waals surface area contributed by atoms with E-state index >= 15 is 0 Å². The van der Waals surface area contributed by atoms with Gasteiger partial charge in [0.15, 0.2) is 16.1 Å². The molecule has 168 valence electrons. The summed E-state index contributed by atoms with van der Waals surface area (Å²) in [4.78, 5) is 48.0. The number of nitrogens with zero attached hydrogens (tertiary/aromatic N) is 2. The van der Waals surface area contributed by atoms with Crippen LogP contribution in [-0.2, 0) is 4.79 Å². The molecule has 0 bridgehead atoms. The third kappa shape index (κ3) is 5.30. The Labute approximate surface area is 195 Å². The van der Waals surface area contributed by atoms with E-state index in [1.54, 1.807) is 24.3 Å². The van der Waals surface area contributed by atoms with E-state index in [2.05, 4.69) is 25.6 Å². The first kappa shape index (κ1) is 22.3. The first-order valence-corrected chi connectivity index (χ1v) is 11.4. The molecule has 5 N–H and O–H groups in total. The number of aromatic amines is 1. The van der Waals surface area contributed by atoms with Gasteiger partial charge < -0.3 is 21.1 Å². The molecule has 33 heavy (non-hydrogen) atoms. The van der Waals surface area contributed by atoms with Crippen LogP contribution in [0.4, 0.5) is 16.6 Å². The van der Waals surface area contributed by atoms with Gasteiger partial charge in [-0.1, -0.05) is 35.2 Å². The van der Waals surface area contributed by atoms with Gasteiger partial charge in [-0.05, 0) is 36.4 Å². The number of thiazole rings is 1. The van der Waals surface area contributed by atoms with Crippen molar-refractivity contribution in [2.75, 3.05) is 29.2 Å². The molecule has 2 aromatic carbocycles. The number of fused-ring (bicyclic) bond motifs is 1. The molecule has 0 aliphatic heterocycles. The lowest BCUT2D eigenvalue weighted by molar-refractivity contribution is -0.113. The molecule has 0 spiro atoms. The second kappa shape index (κ2) is 9.71. The molecule has 0 radical (unpaired) electrons. The van der Waals surface area contributed by atoms with Gasteiger partial charge >= 0.3 is 0 Å². The van der Waals surface area contributed by atoms with Crippen LogP contribution in [0.25, 0.3) is 10.2 Å². The Kier molecular flexibility index (Phi) is 6.56. The fourth-order valence-corrected chi connectivity index (χ4v) is 4.35. The Balaban J connectivity index is 1.38. The van der Waals surface area contributed by atoms with Crippen molar-refractivity contribution < 1.29 is 14.3 Å². The highest BCUT2D eigenvalue weighted by molar-refractivity contribution is 7.99. The number of benzene rings is 2. The number of carbonyl (C=O) groups is 2. The van der Waals surface area contributed by atoms with Gasteiger partial charge in [-0.25, -0.2) is 9.97 Å². The zero-order chi connectivity index (χ0) is 23.4. The Hall–Kier alpha value is -3.90. The normalized spacial score (nSPS) is 10.7. The standard InChI is InChI=1S/C21H18N6O4S2/c1-31-12-8-6-11(7-9-12)18(29)25-16-17(22)26-20(27-19(16)30)32-10-15(28)24-21-23-13-4-2-3-5-14(13)33-21/h2-9H,10H2,1H3,(H,25,29)(H,23,24,28)(H3,22,26,27,30). The fraction of sp³-hybridized carbons (Fsp3) is 0.0952. The minimum atomic E-state index is -0.626. The molecule has 2 amide bonds. The largest absolute Gasteiger partial charge is 0.497 e. The van der Waals surface area contributed by atoms with Crippen LogP contribution in [0.3, 0.4) is 0 Å². The van der Waals surface area contributed by atoms with Gasteiger partial charge in [0, 0.05) is 5.56 Å². The van der Waals surface area contributed by atoms with Gasteiger partial charge in [0.2, 0.25) is 5.91 Å². The average molecular weight is 483 g/mol. The predicted molar refractivity (Wildman–Crippen MR) is 129 cm³/mol. The lowest BCUT2D eigenvalue weighted by Crippen LogP contribution is -2.23. The van der Waals surface area contributed by atoms with Crippen LogP contribution < -0.4 is 26.7 Å². The smallest absolute Gasteiger partial charge is 0.277 e. The van der Waals surface area contributed by atoms with E-state index in [9.17, 15) is 14.4 Å². The van der Waals surface area contributed by atoms with Crippen molar-refractivity contribution in [3.63, 3.8) is 0 Å². The quantitative estimate of drug-likeness (QED) is 0.232. The molecular formula is C21H18N6O4S2. The number of nitrogens with one attached hydrogen (secondary N) is 3. The van der Waals surface area contributed by atoms with Gasteiger partial charge in [-0.2, -0.15) is 0 Å². The highest BCUT2D eigenvalue weighted by Gasteiger charge is 2.15. The molecule has 0 aliphatic rings. The first-order chi connectivity index (χ1) is 15.9. The molecule has 0 fully saturated rings. The number of amides is 2. The Morgan fingerprint density at radius 3 is 2.58 bits per heavy atom.